The number of nitrogens with zero attached hydrogens (tertiary/aromatic N) is 2. The summed E-state index contributed by atoms with van der Waals surface area (Å²) < 4.78 is 10.6. The van der Waals surface area contributed by atoms with Gasteiger partial charge < -0.3 is 14.8 Å². The van der Waals surface area contributed by atoms with Crippen LogP contribution in [0.15, 0.2) is 24.4 Å². The molecule has 2 heterocycles. The Morgan fingerprint density at radius 1 is 1.55 bits per heavy atom. The molecule has 1 fully saturated rings. The molecule has 1 amide bonds. The van der Waals surface area contributed by atoms with E-state index in [-0.39, 0.29) is 18.1 Å². The summed E-state index contributed by atoms with van der Waals surface area (Å²) in [5, 5.41) is 2.95. The molecule has 1 aromatic rings. The van der Waals surface area contributed by atoms with E-state index in [4.69, 9.17) is 9.47 Å². The summed E-state index contributed by atoms with van der Waals surface area (Å²) in [6.45, 7) is 2.01. The van der Waals surface area contributed by atoms with E-state index >= 15 is 0 Å². The van der Waals surface area contributed by atoms with Crippen LogP contribution >= 0.6 is 0 Å². The lowest BCUT2D eigenvalue weighted by molar-refractivity contribution is -0.123. The van der Waals surface area contributed by atoms with Crippen molar-refractivity contribution in [2.24, 2.45) is 0 Å². The number of nitrogens with one attached hydrogen (secondary N) is 1. The smallest absolute Gasteiger partial charge is 0.234 e. The van der Waals surface area contributed by atoms with Crippen molar-refractivity contribution in [3.8, 4) is 0 Å². The van der Waals surface area contributed by atoms with Crippen molar-refractivity contribution in [1.82, 2.24) is 15.2 Å². The highest BCUT2D eigenvalue weighted by molar-refractivity contribution is 5.78. The van der Waals surface area contributed by atoms with Gasteiger partial charge in [-0.1, -0.05) is 6.07 Å². The Balaban J connectivity index is 1.76. The molecule has 6 nitrogen and oxygen atoms in total. The van der Waals surface area contributed by atoms with Gasteiger partial charge in [-0.05, 0) is 19.2 Å². The van der Waals surface area contributed by atoms with Crippen molar-refractivity contribution in [2.45, 2.75) is 18.7 Å². The van der Waals surface area contributed by atoms with E-state index in [9.17, 15) is 4.79 Å². The van der Waals surface area contributed by atoms with Crippen LogP contribution in [0.3, 0.4) is 0 Å². The minimum Gasteiger partial charge on any atom is -0.377 e. The summed E-state index contributed by atoms with van der Waals surface area (Å²) in [5.41, 5.74) is 0.946. The number of carbonyl (C=O) groups excluding carboxylic acids is 1. The Labute approximate surface area is 119 Å². The van der Waals surface area contributed by atoms with Crippen LogP contribution in [0.4, 0.5) is 0 Å². The number of likely N-dealkylation sites (N-methyl/N-ethyl adjacent to an activating group) is 1. The second-order valence-corrected chi connectivity index (χ2v) is 4.98. The van der Waals surface area contributed by atoms with Gasteiger partial charge in [-0.15, -0.1) is 0 Å². The average Bonchev–Trinajstić information content (AvgIpc) is 2.86. The van der Waals surface area contributed by atoms with Gasteiger partial charge in [0.15, 0.2) is 0 Å². The molecular weight excluding hydrogens is 258 g/mol. The van der Waals surface area contributed by atoms with Crippen molar-refractivity contribution in [3.05, 3.63) is 30.1 Å². The van der Waals surface area contributed by atoms with Crippen molar-refractivity contribution < 1.29 is 14.3 Å². The van der Waals surface area contributed by atoms with Crippen LogP contribution in [-0.2, 0) is 20.8 Å². The molecule has 1 aromatic heterocycles. The third-order valence-corrected chi connectivity index (χ3v) is 3.25. The molecule has 1 aliphatic heterocycles. The number of rotatable bonds is 6. The lowest BCUT2D eigenvalue weighted by Crippen LogP contribution is -2.46. The summed E-state index contributed by atoms with van der Waals surface area (Å²) in [7, 11) is 3.53. The van der Waals surface area contributed by atoms with Crippen molar-refractivity contribution in [2.75, 3.05) is 33.9 Å². The Kier molecular flexibility index (Phi) is 5.46. The highest BCUT2D eigenvalue weighted by Gasteiger charge is 2.29. The molecule has 1 saturated heterocycles. The standard InChI is InChI=1S/C14H21N3O3/c1-17(7-11-5-3-4-6-15-11)8-14(18)16-12-9-20-10-13(12)19-2/h3-6,12-13H,7-10H2,1-2H3,(H,16,18)/t12-,13-/m0/s1. The number of amides is 1. The van der Waals surface area contributed by atoms with Crippen LogP contribution in [0, 0.1) is 0 Å². The molecule has 0 radical (unpaired) electrons. The van der Waals surface area contributed by atoms with Crippen LogP contribution in [0.1, 0.15) is 5.69 Å². The van der Waals surface area contributed by atoms with E-state index in [0.717, 1.165) is 5.69 Å². The van der Waals surface area contributed by atoms with Crippen LogP contribution in [0.25, 0.3) is 0 Å². The quantitative estimate of drug-likeness (QED) is 0.797. The van der Waals surface area contributed by atoms with Crippen molar-refractivity contribution >= 4 is 5.91 Å². The number of hydrogen-bond donors (Lipinski definition) is 1. The zero-order valence-corrected chi connectivity index (χ0v) is 11.9. The molecule has 0 spiro atoms. The third-order valence-electron chi connectivity index (χ3n) is 3.25. The van der Waals surface area contributed by atoms with E-state index in [1.807, 2.05) is 30.1 Å². The molecule has 110 valence electrons. The molecule has 1 aliphatic rings. The summed E-state index contributed by atoms with van der Waals surface area (Å²) in [6, 6.07) is 5.70. The maximum Gasteiger partial charge on any atom is 0.234 e. The molecular formula is C14H21N3O3. The minimum atomic E-state index is -0.0595. The van der Waals surface area contributed by atoms with Gasteiger partial charge in [0, 0.05) is 19.9 Å². The van der Waals surface area contributed by atoms with Crippen LogP contribution in [-0.4, -0.2) is 61.9 Å². The van der Waals surface area contributed by atoms with E-state index in [0.29, 0.717) is 26.3 Å². The monoisotopic (exact) mass is 279 g/mol. The first-order valence-corrected chi connectivity index (χ1v) is 6.67. The topological polar surface area (TPSA) is 63.7 Å². The number of methoxy groups -OCH3 is 1. The SMILES string of the molecule is CO[C@H]1COC[C@@H]1NC(=O)CN(C)Cc1ccccn1. The first kappa shape index (κ1) is 14.9. The average molecular weight is 279 g/mol. The summed E-state index contributed by atoms with van der Waals surface area (Å²) in [5.74, 6) is -0.0269. The number of hydrogen-bond acceptors (Lipinski definition) is 5. The predicted octanol–water partition coefficient (Wildman–Crippen LogP) is 0.0434. The van der Waals surface area contributed by atoms with Gasteiger partial charge in [0.1, 0.15) is 6.10 Å². The van der Waals surface area contributed by atoms with E-state index in [1.54, 1.807) is 13.3 Å². The molecule has 0 aliphatic carbocycles. The number of ether oxygens (including phenoxy) is 2. The van der Waals surface area contributed by atoms with Gasteiger partial charge in [-0.3, -0.25) is 14.7 Å². The Bertz CT molecular complexity index is 427. The third kappa shape index (κ3) is 4.26. The highest BCUT2D eigenvalue weighted by atomic mass is 16.5. The second-order valence-electron chi connectivity index (χ2n) is 4.98. The van der Waals surface area contributed by atoms with Crippen molar-refractivity contribution in [3.63, 3.8) is 0 Å². The molecule has 0 unspecified atom stereocenters. The maximum atomic E-state index is 12.0. The van der Waals surface area contributed by atoms with Gasteiger partial charge in [-0.2, -0.15) is 0 Å². The van der Waals surface area contributed by atoms with Gasteiger partial charge >= 0.3 is 0 Å². The Hall–Kier alpha value is -1.50. The normalized spacial score (nSPS) is 22.1. The molecule has 2 rings (SSSR count). The summed E-state index contributed by atoms with van der Waals surface area (Å²) >= 11 is 0. The Morgan fingerprint density at radius 3 is 3.10 bits per heavy atom. The maximum absolute atomic E-state index is 12.0. The van der Waals surface area contributed by atoms with Gasteiger partial charge in [-0.25, -0.2) is 0 Å². The fourth-order valence-electron chi connectivity index (χ4n) is 2.22. The number of aromatic nitrogens is 1. The van der Waals surface area contributed by atoms with Crippen LogP contribution in [0.2, 0.25) is 0 Å². The molecule has 1 N–H and O–H groups in total. The van der Waals surface area contributed by atoms with Gasteiger partial charge in [0.25, 0.3) is 0 Å². The van der Waals surface area contributed by atoms with E-state index < -0.39 is 0 Å². The van der Waals surface area contributed by atoms with Gasteiger partial charge in [0.05, 0.1) is 31.5 Å². The second kappa shape index (κ2) is 7.33. The van der Waals surface area contributed by atoms with E-state index in [1.165, 1.54) is 0 Å². The molecule has 20 heavy (non-hydrogen) atoms. The first-order chi connectivity index (χ1) is 9.69. The summed E-state index contributed by atoms with van der Waals surface area (Å²) in [6.07, 6.45) is 1.70. The fourth-order valence-corrected chi connectivity index (χ4v) is 2.22. The highest BCUT2D eigenvalue weighted by Crippen LogP contribution is 2.08. The van der Waals surface area contributed by atoms with Crippen LogP contribution < -0.4 is 5.32 Å². The molecule has 0 aromatic carbocycles. The van der Waals surface area contributed by atoms with Gasteiger partial charge in [0.2, 0.25) is 5.91 Å². The first-order valence-electron chi connectivity index (χ1n) is 6.67. The molecule has 0 saturated carbocycles. The predicted molar refractivity (Wildman–Crippen MR) is 74.1 cm³/mol. The lowest BCUT2D eigenvalue weighted by atomic mass is 10.2. The van der Waals surface area contributed by atoms with Crippen LogP contribution in [0.5, 0.6) is 0 Å². The zero-order chi connectivity index (χ0) is 14.4. The Morgan fingerprint density at radius 2 is 2.40 bits per heavy atom. The summed E-state index contributed by atoms with van der Waals surface area (Å²) in [4.78, 5) is 18.1. The zero-order valence-electron chi connectivity index (χ0n) is 11.9. The number of carbonyl (C=O) groups is 1. The largest absolute Gasteiger partial charge is 0.377 e. The fraction of sp³-hybridized carbons (Fsp3) is 0.571. The minimum absolute atomic E-state index is 0.0269. The molecule has 2 atom stereocenters. The number of pyridine rings is 1. The molecule has 6 heteroatoms. The molecule has 0 bridgehead atoms. The van der Waals surface area contributed by atoms with E-state index in [2.05, 4.69) is 10.3 Å². The lowest BCUT2D eigenvalue weighted by Gasteiger charge is -2.20. The van der Waals surface area contributed by atoms with Crippen molar-refractivity contribution in [1.29, 1.82) is 0 Å².